The van der Waals surface area contributed by atoms with Crippen LogP contribution in [0.5, 0.6) is 11.6 Å². The summed E-state index contributed by atoms with van der Waals surface area (Å²) in [5.74, 6) is -1.71. The van der Waals surface area contributed by atoms with Crippen LogP contribution in [0.15, 0.2) is 59.6 Å². The quantitative estimate of drug-likeness (QED) is 0.222. The van der Waals surface area contributed by atoms with Crippen LogP contribution in [0.1, 0.15) is 50.2 Å². The molecule has 250 valence electrons. The molecule has 0 bridgehead atoms. The molecular formula is C32H40ClF2N5O5S. The van der Waals surface area contributed by atoms with Gasteiger partial charge in [0.25, 0.3) is 0 Å². The van der Waals surface area contributed by atoms with E-state index in [4.69, 9.17) is 10.5 Å². The highest BCUT2D eigenvalue weighted by Gasteiger charge is 2.28. The highest BCUT2D eigenvalue weighted by Crippen LogP contribution is 2.25. The zero-order valence-corrected chi connectivity index (χ0v) is 27.5. The van der Waals surface area contributed by atoms with Gasteiger partial charge in [0, 0.05) is 56.8 Å². The van der Waals surface area contributed by atoms with E-state index < -0.39 is 39.8 Å². The number of pyridine rings is 1. The Kier molecular flexibility index (Phi) is 13.3. The second-order valence-electron chi connectivity index (χ2n) is 11.3. The summed E-state index contributed by atoms with van der Waals surface area (Å²) in [6.07, 6.45) is 6.63. The summed E-state index contributed by atoms with van der Waals surface area (Å²) in [5.41, 5.74) is 5.90. The molecule has 46 heavy (non-hydrogen) atoms. The Hall–Kier alpha value is -3.81. The lowest BCUT2D eigenvalue weighted by Crippen LogP contribution is -2.49. The average molecular weight is 680 g/mol. The molecule has 1 saturated heterocycles. The van der Waals surface area contributed by atoms with Crippen LogP contribution in [0.2, 0.25) is 0 Å². The van der Waals surface area contributed by atoms with Gasteiger partial charge in [0.2, 0.25) is 11.8 Å². The third-order valence-corrected chi connectivity index (χ3v) is 8.81. The maximum Gasteiger partial charge on any atom is 0.322 e. The van der Waals surface area contributed by atoms with E-state index in [0.717, 1.165) is 63.1 Å². The van der Waals surface area contributed by atoms with Gasteiger partial charge in [-0.1, -0.05) is 25.8 Å². The highest BCUT2D eigenvalue weighted by molar-refractivity contribution is 7.90. The van der Waals surface area contributed by atoms with Gasteiger partial charge >= 0.3 is 6.03 Å². The molecule has 0 saturated carbocycles. The molecule has 2 aromatic carbocycles. The molecule has 0 unspecified atom stereocenters. The molecule has 0 spiro atoms. The lowest BCUT2D eigenvalue weighted by Gasteiger charge is -2.38. The molecule has 0 radical (unpaired) electrons. The van der Waals surface area contributed by atoms with E-state index in [9.17, 15) is 26.8 Å². The number of benzene rings is 2. The first-order valence-corrected chi connectivity index (χ1v) is 16.8. The van der Waals surface area contributed by atoms with Gasteiger partial charge in [-0.25, -0.2) is 27.0 Å². The van der Waals surface area contributed by atoms with Crippen LogP contribution in [0.4, 0.5) is 19.3 Å². The number of carbonyl (C=O) groups is 2. The van der Waals surface area contributed by atoms with Crippen molar-refractivity contribution in [3.63, 3.8) is 0 Å². The monoisotopic (exact) mass is 679 g/mol. The van der Waals surface area contributed by atoms with E-state index in [-0.39, 0.29) is 34.6 Å². The lowest BCUT2D eigenvalue weighted by molar-refractivity contribution is -0.117. The van der Waals surface area contributed by atoms with Crippen molar-refractivity contribution in [2.75, 3.05) is 31.2 Å². The minimum Gasteiger partial charge on any atom is -0.439 e. The number of hydrogen-bond donors (Lipinski definition) is 2. The van der Waals surface area contributed by atoms with Crippen LogP contribution in [-0.2, 0) is 27.6 Å². The summed E-state index contributed by atoms with van der Waals surface area (Å²) in [7, 11) is -3.29. The molecule has 3 amide bonds. The number of piperidine rings is 1. The molecule has 10 nitrogen and oxygen atoms in total. The zero-order valence-electron chi connectivity index (χ0n) is 25.9. The number of aromatic nitrogens is 1. The fraction of sp³-hybridized carbons (Fsp3) is 0.406. The largest absolute Gasteiger partial charge is 0.439 e. The standard InChI is InChI=1S/C32H39F2N5O5S.ClH/c1-3-4-5-14-39(32(41)37-29-17-23(18-30(35)40)27(33)19-28(29)34)24-12-15-38(16-13-24)21-22-6-11-31(36-20-22)44-25-7-9-26(10-8-25)45(2,42)43;/h6-11,17,19-20,24H,3-5,12-16,18,21H2,1-2H3,(H2,35,40)(H,37,41);1H. The van der Waals surface area contributed by atoms with Crippen LogP contribution in [0, 0.1) is 11.6 Å². The number of likely N-dealkylation sites (tertiary alicyclic amines) is 1. The van der Waals surface area contributed by atoms with Crippen molar-refractivity contribution in [1.82, 2.24) is 14.8 Å². The van der Waals surface area contributed by atoms with E-state index in [2.05, 4.69) is 22.1 Å². The number of amides is 3. The molecule has 0 atom stereocenters. The maximum atomic E-state index is 14.6. The Labute approximate surface area is 274 Å². The number of ether oxygens (including phenoxy) is 1. The molecular weight excluding hydrogens is 640 g/mol. The second-order valence-corrected chi connectivity index (χ2v) is 13.3. The van der Waals surface area contributed by atoms with Gasteiger partial charge in [-0.2, -0.15) is 0 Å². The van der Waals surface area contributed by atoms with Crippen molar-refractivity contribution in [1.29, 1.82) is 0 Å². The van der Waals surface area contributed by atoms with Crippen LogP contribution in [-0.4, -0.2) is 67.1 Å². The van der Waals surface area contributed by atoms with Crippen LogP contribution in [0.3, 0.4) is 0 Å². The van der Waals surface area contributed by atoms with Crippen molar-refractivity contribution in [2.24, 2.45) is 5.73 Å². The van der Waals surface area contributed by atoms with Crippen molar-refractivity contribution in [3.8, 4) is 11.6 Å². The fourth-order valence-electron chi connectivity index (χ4n) is 5.27. The van der Waals surface area contributed by atoms with E-state index in [1.165, 1.54) is 12.1 Å². The smallest absolute Gasteiger partial charge is 0.322 e. The Morgan fingerprint density at radius 1 is 1.07 bits per heavy atom. The molecule has 1 aromatic heterocycles. The number of anilines is 1. The maximum absolute atomic E-state index is 14.6. The van der Waals surface area contributed by atoms with Gasteiger partial charge in [-0.05, 0) is 60.7 Å². The summed E-state index contributed by atoms with van der Waals surface area (Å²) >= 11 is 0. The number of hydrogen-bond acceptors (Lipinski definition) is 7. The normalized spacial score (nSPS) is 13.9. The fourth-order valence-corrected chi connectivity index (χ4v) is 5.90. The topological polar surface area (TPSA) is 135 Å². The number of nitrogens with zero attached hydrogens (tertiary/aromatic N) is 3. The summed E-state index contributed by atoms with van der Waals surface area (Å²) in [6.45, 7) is 4.71. The Morgan fingerprint density at radius 2 is 1.76 bits per heavy atom. The SMILES string of the molecule is CCCCCN(C(=O)Nc1cc(CC(N)=O)c(F)cc1F)C1CCN(Cc2ccc(Oc3ccc(S(C)(=O)=O)cc3)nc2)CC1.Cl. The van der Waals surface area contributed by atoms with Crippen LogP contribution < -0.4 is 15.8 Å². The summed E-state index contributed by atoms with van der Waals surface area (Å²) < 4.78 is 57.7. The molecule has 3 aromatic rings. The van der Waals surface area contributed by atoms with Crippen molar-refractivity contribution < 1.29 is 31.5 Å². The van der Waals surface area contributed by atoms with Crippen molar-refractivity contribution in [3.05, 3.63) is 77.5 Å². The van der Waals surface area contributed by atoms with Gasteiger partial charge < -0.3 is 20.7 Å². The molecule has 0 aliphatic carbocycles. The second kappa shape index (κ2) is 16.7. The van der Waals surface area contributed by atoms with Crippen LogP contribution in [0.25, 0.3) is 0 Å². The predicted molar refractivity (Wildman–Crippen MR) is 174 cm³/mol. The zero-order chi connectivity index (χ0) is 32.6. The number of halogens is 3. The minimum atomic E-state index is -3.29. The lowest BCUT2D eigenvalue weighted by atomic mass is 10.0. The minimum absolute atomic E-state index is 0. The van der Waals surface area contributed by atoms with Gasteiger partial charge in [-0.15, -0.1) is 12.4 Å². The van der Waals surface area contributed by atoms with E-state index in [1.807, 2.05) is 6.07 Å². The number of sulfone groups is 1. The van der Waals surface area contributed by atoms with Gasteiger partial charge in [0.1, 0.15) is 17.4 Å². The molecule has 2 heterocycles. The summed E-state index contributed by atoms with van der Waals surface area (Å²) in [5, 5.41) is 2.59. The first-order valence-electron chi connectivity index (χ1n) is 14.9. The Morgan fingerprint density at radius 3 is 2.35 bits per heavy atom. The molecule has 14 heteroatoms. The number of nitrogens with two attached hydrogens (primary N) is 1. The van der Waals surface area contributed by atoms with Gasteiger partial charge in [-0.3, -0.25) is 9.69 Å². The number of unbranched alkanes of at least 4 members (excludes halogenated alkanes) is 2. The Bertz CT molecular complexity index is 1590. The summed E-state index contributed by atoms with van der Waals surface area (Å²) in [4.78, 5) is 33.3. The van der Waals surface area contributed by atoms with E-state index in [1.54, 1.807) is 29.3 Å². The Balaban J connectivity index is 0.00000576. The number of nitrogens with one attached hydrogen (secondary N) is 1. The average Bonchev–Trinajstić information content (AvgIpc) is 2.99. The molecule has 3 N–H and O–H groups in total. The van der Waals surface area contributed by atoms with Gasteiger partial charge in [0.15, 0.2) is 9.84 Å². The first-order chi connectivity index (χ1) is 21.4. The number of rotatable bonds is 13. The first kappa shape index (κ1) is 36.7. The number of urea groups is 1. The predicted octanol–water partition coefficient (Wildman–Crippen LogP) is 5.69. The third kappa shape index (κ3) is 10.4. The molecule has 1 aliphatic rings. The summed E-state index contributed by atoms with van der Waals surface area (Å²) in [6, 6.07) is 11.1. The van der Waals surface area contributed by atoms with Crippen molar-refractivity contribution >= 4 is 39.9 Å². The molecule has 4 rings (SSSR count). The van der Waals surface area contributed by atoms with Crippen LogP contribution >= 0.6 is 12.4 Å². The van der Waals surface area contributed by atoms with E-state index >= 15 is 0 Å². The van der Waals surface area contributed by atoms with Crippen molar-refractivity contribution in [2.45, 2.75) is 62.9 Å². The number of carbonyl (C=O) groups excluding carboxylic acids is 2. The highest BCUT2D eigenvalue weighted by atomic mass is 35.5. The van der Waals surface area contributed by atoms with Gasteiger partial charge in [0.05, 0.1) is 17.0 Å². The third-order valence-electron chi connectivity index (χ3n) is 7.68. The molecule has 1 fully saturated rings. The van der Waals surface area contributed by atoms with E-state index in [0.29, 0.717) is 30.8 Å². The molecule has 1 aliphatic heterocycles. The number of primary amides is 1.